The maximum Gasteiger partial charge on any atom is 0.328 e. The minimum Gasteiger partial charge on any atom is -0.467 e. The number of benzene rings is 1. The Kier molecular flexibility index (Phi) is 6.97. The zero-order valence-corrected chi connectivity index (χ0v) is 17.0. The molecule has 0 aromatic heterocycles. The number of hydrogen-bond donors (Lipinski definition) is 1. The second-order valence-corrected chi connectivity index (χ2v) is 7.71. The number of methoxy groups -OCH3 is 1. The van der Waals surface area contributed by atoms with Gasteiger partial charge in [-0.2, -0.15) is 5.26 Å². The summed E-state index contributed by atoms with van der Waals surface area (Å²) in [5.74, 6) is -1.95. The predicted molar refractivity (Wildman–Crippen MR) is 101 cm³/mol. The molecule has 1 unspecified atom stereocenters. The molecule has 1 aliphatic heterocycles. The van der Waals surface area contributed by atoms with Crippen molar-refractivity contribution in [3.8, 4) is 6.07 Å². The summed E-state index contributed by atoms with van der Waals surface area (Å²) in [6.07, 6.45) is 0.236. The number of likely N-dealkylation sites (tertiary alicyclic amines) is 1. The van der Waals surface area contributed by atoms with Crippen molar-refractivity contribution in [3.63, 3.8) is 0 Å². The molecule has 7 nitrogen and oxygen atoms in total. The Balaban J connectivity index is 2.20. The Morgan fingerprint density at radius 1 is 1.30 bits per heavy atom. The molecule has 144 valence electrons. The van der Waals surface area contributed by atoms with Crippen molar-refractivity contribution in [2.24, 2.45) is 11.8 Å². The molecule has 3 atom stereocenters. The van der Waals surface area contributed by atoms with Crippen LogP contribution in [0, 0.1) is 23.2 Å². The molecule has 1 fully saturated rings. The fourth-order valence-electron chi connectivity index (χ4n) is 3.05. The molecule has 1 saturated heterocycles. The molecule has 0 bridgehead atoms. The van der Waals surface area contributed by atoms with Crippen molar-refractivity contribution < 1.29 is 19.1 Å². The van der Waals surface area contributed by atoms with E-state index in [0.29, 0.717) is 5.56 Å². The first-order chi connectivity index (χ1) is 12.8. The van der Waals surface area contributed by atoms with Gasteiger partial charge in [0.05, 0.1) is 19.1 Å². The van der Waals surface area contributed by atoms with Crippen molar-refractivity contribution in [2.75, 3.05) is 13.7 Å². The highest BCUT2D eigenvalue weighted by atomic mass is 79.9. The van der Waals surface area contributed by atoms with Crippen LogP contribution in [0.3, 0.4) is 0 Å². The van der Waals surface area contributed by atoms with Crippen LogP contribution in [0.4, 0.5) is 0 Å². The molecule has 27 heavy (non-hydrogen) atoms. The van der Waals surface area contributed by atoms with Crippen LogP contribution in [0.1, 0.15) is 30.6 Å². The van der Waals surface area contributed by atoms with E-state index in [1.54, 1.807) is 24.3 Å². The van der Waals surface area contributed by atoms with Gasteiger partial charge in [-0.05, 0) is 36.6 Å². The van der Waals surface area contributed by atoms with Crippen molar-refractivity contribution in [3.05, 3.63) is 34.3 Å². The van der Waals surface area contributed by atoms with E-state index in [1.165, 1.54) is 12.0 Å². The van der Waals surface area contributed by atoms with Crippen LogP contribution in [0.2, 0.25) is 0 Å². The van der Waals surface area contributed by atoms with Gasteiger partial charge in [0.15, 0.2) is 0 Å². The third kappa shape index (κ3) is 4.86. The number of nitrogens with zero attached hydrogens (tertiary/aromatic N) is 2. The van der Waals surface area contributed by atoms with E-state index in [1.807, 2.05) is 13.8 Å². The Hall–Kier alpha value is -2.40. The summed E-state index contributed by atoms with van der Waals surface area (Å²) in [7, 11) is 1.25. The van der Waals surface area contributed by atoms with Gasteiger partial charge in [0.1, 0.15) is 12.1 Å². The lowest BCUT2D eigenvalue weighted by Gasteiger charge is -2.29. The molecular weight excluding hydrogens is 414 g/mol. The minimum absolute atomic E-state index is 0.145. The normalized spacial score (nSPS) is 20.1. The Labute approximate surface area is 166 Å². The molecule has 0 radical (unpaired) electrons. The van der Waals surface area contributed by atoms with Crippen molar-refractivity contribution in [2.45, 2.75) is 32.4 Å². The Morgan fingerprint density at radius 2 is 1.93 bits per heavy atom. The van der Waals surface area contributed by atoms with Crippen LogP contribution in [0.15, 0.2) is 28.7 Å². The summed E-state index contributed by atoms with van der Waals surface area (Å²) in [5, 5.41) is 11.9. The van der Waals surface area contributed by atoms with Crippen molar-refractivity contribution in [1.82, 2.24) is 10.2 Å². The van der Waals surface area contributed by atoms with Crippen LogP contribution in [0.25, 0.3) is 0 Å². The van der Waals surface area contributed by atoms with E-state index in [-0.39, 0.29) is 30.7 Å². The zero-order chi connectivity index (χ0) is 20.1. The number of hydrogen-bond acceptors (Lipinski definition) is 5. The molecule has 8 heteroatoms. The van der Waals surface area contributed by atoms with E-state index in [4.69, 9.17) is 4.74 Å². The first-order valence-corrected chi connectivity index (χ1v) is 9.42. The molecule has 1 aliphatic rings. The second kappa shape index (κ2) is 9.00. The van der Waals surface area contributed by atoms with Gasteiger partial charge in [-0.3, -0.25) is 9.59 Å². The molecule has 1 heterocycles. The lowest BCUT2D eigenvalue weighted by atomic mass is 10.0. The van der Waals surface area contributed by atoms with E-state index in [2.05, 4.69) is 27.3 Å². The molecule has 0 spiro atoms. The summed E-state index contributed by atoms with van der Waals surface area (Å²) in [6, 6.07) is 7.27. The van der Waals surface area contributed by atoms with E-state index in [0.717, 1.165) is 4.47 Å². The van der Waals surface area contributed by atoms with E-state index in [9.17, 15) is 19.6 Å². The Bertz CT molecular complexity index is 757. The van der Waals surface area contributed by atoms with Crippen molar-refractivity contribution >= 4 is 33.7 Å². The van der Waals surface area contributed by atoms with Gasteiger partial charge in [0.25, 0.3) is 5.91 Å². The molecule has 2 amide bonds. The third-order valence-corrected chi connectivity index (χ3v) is 5.09. The predicted octanol–water partition coefficient (Wildman–Crippen LogP) is 2.12. The Morgan fingerprint density at radius 3 is 2.44 bits per heavy atom. The van der Waals surface area contributed by atoms with Gasteiger partial charge in [0, 0.05) is 16.6 Å². The highest BCUT2D eigenvalue weighted by Crippen LogP contribution is 2.25. The monoisotopic (exact) mass is 435 g/mol. The summed E-state index contributed by atoms with van der Waals surface area (Å²) < 4.78 is 5.62. The maximum absolute atomic E-state index is 13.1. The fraction of sp³-hybridized carbons (Fsp3) is 0.474. The number of ether oxygens (including phenoxy) is 1. The van der Waals surface area contributed by atoms with Gasteiger partial charge < -0.3 is 15.0 Å². The van der Waals surface area contributed by atoms with Crippen molar-refractivity contribution in [1.29, 1.82) is 5.26 Å². The molecule has 0 aliphatic carbocycles. The van der Waals surface area contributed by atoms with Crippen LogP contribution < -0.4 is 5.32 Å². The fourth-order valence-corrected chi connectivity index (χ4v) is 3.31. The largest absolute Gasteiger partial charge is 0.467 e. The number of nitrogens with one attached hydrogen (secondary N) is 1. The second-order valence-electron chi connectivity index (χ2n) is 6.79. The van der Waals surface area contributed by atoms with Gasteiger partial charge in [-0.25, -0.2) is 4.79 Å². The number of rotatable bonds is 5. The first-order valence-electron chi connectivity index (χ1n) is 8.62. The van der Waals surface area contributed by atoms with Gasteiger partial charge in [-0.15, -0.1) is 0 Å². The molecule has 0 saturated carbocycles. The molecule has 1 N–H and O–H groups in total. The quantitative estimate of drug-likeness (QED) is 0.713. The summed E-state index contributed by atoms with van der Waals surface area (Å²) in [4.78, 5) is 39.0. The first kappa shape index (κ1) is 20.9. The van der Waals surface area contributed by atoms with Crippen LogP contribution >= 0.6 is 15.9 Å². The van der Waals surface area contributed by atoms with Crippen LogP contribution in [0.5, 0.6) is 0 Å². The highest BCUT2D eigenvalue weighted by Gasteiger charge is 2.43. The SMILES string of the molecule is COC(=O)[C@@H]1C[C@@H](C#N)CN1C(=O)C(NC(=O)c1ccc(Br)cc1)C(C)C. The number of carbonyl (C=O) groups excluding carboxylic acids is 3. The maximum atomic E-state index is 13.1. The third-order valence-electron chi connectivity index (χ3n) is 4.57. The molecule has 2 rings (SSSR count). The summed E-state index contributed by atoms with van der Waals surface area (Å²) in [5.41, 5.74) is 0.428. The summed E-state index contributed by atoms with van der Waals surface area (Å²) >= 11 is 3.31. The molecule has 1 aromatic rings. The number of esters is 1. The lowest BCUT2D eigenvalue weighted by Crippen LogP contribution is -2.54. The zero-order valence-electron chi connectivity index (χ0n) is 15.4. The molecular formula is C19H22BrN3O4. The number of carbonyl (C=O) groups is 3. The topological polar surface area (TPSA) is 99.5 Å². The van der Waals surface area contributed by atoms with E-state index < -0.39 is 24.0 Å². The minimum atomic E-state index is -0.814. The smallest absolute Gasteiger partial charge is 0.328 e. The lowest BCUT2D eigenvalue weighted by molar-refractivity contribution is -0.151. The summed E-state index contributed by atoms with van der Waals surface area (Å²) in [6.45, 7) is 3.78. The van der Waals surface area contributed by atoms with Gasteiger partial charge >= 0.3 is 5.97 Å². The van der Waals surface area contributed by atoms with Crippen LogP contribution in [-0.4, -0.2) is 48.4 Å². The van der Waals surface area contributed by atoms with E-state index >= 15 is 0 Å². The highest BCUT2D eigenvalue weighted by molar-refractivity contribution is 9.10. The standard InChI is InChI=1S/C19H22BrN3O4/c1-11(2)16(22-17(24)13-4-6-14(20)7-5-13)18(25)23-10-12(9-21)8-15(23)19(26)27-3/h4-7,11-12,15-16H,8,10H2,1-3H3,(H,22,24)/t12-,15-,16?/m0/s1. The molecule has 1 aromatic carbocycles. The van der Waals surface area contributed by atoms with Gasteiger partial charge in [-0.1, -0.05) is 29.8 Å². The van der Waals surface area contributed by atoms with Gasteiger partial charge in [0.2, 0.25) is 5.91 Å². The average molecular weight is 436 g/mol. The number of nitriles is 1. The average Bonchev–Trinajstić information content (AvgIpc) is 3.09. The number of amides is 2. The van der Waals surface area contributed by atoms with Crippen LogP contribution in [-0.2, 0) is 14.3 Å². The number of halogens is 1.